The van der Waals surface area contributed by atoms with Crippen LogP contribution < -0.4 is 10.2 Å². The van der Waals surface area contributed by atoms with Gasteiger partial charge in [0.25, 0.3) is 0 Å². The molecule has 182 valence electrons. The first-order valence-corrected chi connectivity index (χ1v) is 12.2. The van der Waals surface area contributed by atoms with Crippen LogP contribution in [0.1, 0.15) is 49.7 Å². The predicted octanol–water partition coefficient (Wildman–Crippen LogP) is 3.56. The number of anilines is 1. The van der Waals surface area contributed by atoms with Crippen LogP contribution in [0.5, 0.6) is 0 Å². The molecule has 4 fully saturated rings. The van der Waals surface area contributed by atoms with E-state index in [1.165, 1.54) is 6.07 Å². The summed E-state index contributed by atoms with van der Waals surface area (Å²) in [5.41, 5.74) is -0.816. The summed E-state index contributed by atoms with van der Waals surface area (Å²) in [6.45, 7) is 2.23. The number of halogens is 3. The minimum Gasteiger partial charge on any atom is -0.372 e. The maximum absolute atomic E-state index is 13.4. The normalized spacial score (nSPS) is 25.8. The van der Waals surface area contributed by atoms with E-state index in [4.69, 9.17) is 5.26 Å². The quantitative estimate of drug-likeness (QED) is 0.708. The number of hydrogen-bond donors (Lipinski definition) is 1. The second kappa shape index (κ2) is 8.79. The Labute approximate surface area is 197 Å². The van der Waals surface area contributed by atoms with Gasteiger partial charge in [0.1, 0.15) is 0 Å². The maximum Gasteiger partial charge on any atom is 0.417 e. The van der Waals surface area contributed by atoms with Crippen LogP contribution in [0.4, 0.5) is 18.9 Å². The number of likely N-dealkylation sites (tertiary alicyclic amines) is 1. The van der Waals surface area contributed by atoms with Crippen molar-refractivity contribution >= 4 is 17.5 Å². The Morgan fingerprint density at radius 1 is 1.03 bits per heavy atom. The van der Waals surface area contributed by atoms with Gasteiger partial charge in [-0.25, -0.2) is 0 Å². The number of carbonyl (C=O) groups excluding carboxylic acids is 2. The standard InChI is InChI=1S/C25H29F3N4O2/c26-25(27,28)22-11-19(6-3-17(22)12-29)31-9-7-15(8-10-31)20-13-32(24(34)16-1-2-16)14-21(20)23(33)30-18-4-5-18/h3,6,11,15-16,18,20-21H,1-2,4-5,7-10,13-14H2,(H,30,33)/t20-,21+/m0/s1. The number of nitrogens with one attached hydrogen (secondary N) is 1. The fourth-order valence-corrected chi connectivity index (χ4v) is 5.54. The van der Waals surface area contributed by atoms with Crippen LogP contribution in [0, 0.1) is 35.0 Å². The Balaban J connectivity index is 1.27. The lowest BCUT2D eigenvalue weighted by Gasteiger charge is -2.37. The van der Waals surface area contributed by atoms with Gasteiger partial charge < -0.3 is 15.1 Å². The summed E-state index contributed by atoms with van der Waals surface area (Å²) in [7, 11) is 0. The molecule has 0 radical (unpaired) electrons. The van der Waals surface area contributed by atoms with Crippen molar-refractivity contribution in [2.24, 2.45) is 23.7 Å². The molecule has 2 heterocycles. The second-order valence-corrected chi connectivity index (χ2v) is 10.2. The van der Waals surface area contributed by atoms with E-state index >= 15 is 0 Å². The number of carbonyl (C=O) groups is 2. The van der Waals surface area contributed by atoms with Crippen LogP contribution in [0.15, 0.2) is 18.2 Å². The molecule has 2 saturated heterocycles. The summed E-state index contributed by atoms with van der Waals surface area (Å²) in [5, 5.41) is 12.2. The molecular formula is C25H29F3N4O2. The van der Waals surface area contributed by atoms with Crippen LogP contribution >= 0.6 is 0 Å². The van der Waals surface area contributed by atoms with Gasteiger partial charge in [0, 0.05) is 43.8 Å². The van der Waals surface area contributed by atoms with Crippen molar-refractivity contribution in [3.05, 3.63) is 29.3 Å². The highest BCUT2D eigenvalue weighted by Gasteiger charge is 2.47. The second-order valence-electron chi connectivity index (χ2n) is 10.2. The van der Waals surface area contributed by atoms with E-state index in [2.05, 4.69) is 5.32 Å². The summed E-state index contributed by atoms with van der Waals surface area (Å²) in [6, 6.07) is 5.77. The van der Waals surface area contributed by atoms with Gasteiger partial charge in [-0.3, -0.25) is 9.59 Å². The molecule has 1 aromatic rings. The molecule has 2 saturated carbocycles. The van der Waals surface area contributed by atoms with Gasteiger partial charge in [-0.2, -0.15) is 18.4 Å². The summed E-state index contributed by atoms with van der Waals surface area (Å²) in [4.78, 5) is 29.5. The number of amides is 2. The largest absolute Gasteiger partial charge is 0.417 e. The number of rotatable bonds is 5. The topological polar surface area (TPSA) is 76.4 Å². The van der Waals surface area contributed by atoms with E-state index in [0.29, 0.717) is 31.9 Å². The number of hydrogen-bond acceptors (Lipinski definition) is 4. The highest BCUT2D eigenvalue weighted by atomic mass is 19.4. The van der Waals surface area contributed by atoms with Crippen molar-refractivity contribution in [1.29, 1.82) is 5.26 Å². The highest BCUT2D eigenvalue weighted by molar-refractivity contribution is 5.85. The Morgan fingerprint density at radius 3 is 2.32 bits per heavy atom. The SMILES string of the molecule is N#Cc1ccc(N2CCC([C@@H]3CN(C(=O)C4CC4)C[C@H]3C(=O)NC3CC3)CC2)cc1C(F)(F)F. The first-order valence-electron chi connectivity index (χ1n) is 12.2. The molecule has 5 rings (SSSR count). The third kappa shape index (κ3) is 4.73. The number of nitrogens with zero attached hydrogens (tertiary/aromatic N) is 3. The lowest BCUT2D eigenvalue weighted by molar-refractivity contribution is -0.137. The van der Waals surface area contributed by atoms with Gasteiger partial charge in [-0.1, -0.05) is 0 Å². The van der Waals surface area contributed by atoms with E-state index in [9.17, 15) is 22.8 Å². The number of alkyl halides is 3. The molecule has 34 heavy (non-hydrogen) atoms. The van der Waals surface area contributed by atoms with Crippen molar-refractivity contribution in [1.82, 2.24) is 10.2 Å². The van der Waals surface area contributed by atoms with Crippen molar-refractivity contribution in [2.75, 3.05) is 31.1 Å². The van der Waals surface area contributed by atoms with Crippen molar-refractivity contribution in [3.8, 4) is 6.07 Å². The molecule has 2 aliphatic carbocycles. The van der Waals surface area contributed by atoms with Crippen LogP contribution in [0.2, 0.25) is 0 Å². The van der Waals surface area contributed by atoms with Gasteiger partial charge in [-0.15, -0.1) is 0 Å². The molecule has 0 unspecified atom stereocenters. The molecule has 1 N–H and O–H groups in total. The molecule has 4 aliphatic rings. The number of benzene rings is 1. The van der Waals surface area contributed by atoms with Gasteiger partial charge >= 0.3 is 6.18 Å². The van der Waals surface area contributed by atoms with Crippen molar-refractivity contribution < 1.29 is 22.8 Å². The first-order chi connectivity index (χ1) is 16.2. The van der Waals surface area contributed by atoms with E-state index in [1.54, 1.807) is 12.1 Å². The van der Waals surface area contributed by atoms with Gasteiger partial charge in [-0.05, 0) is 68.6 Å². The monoisotopic (exact) mass is 474 g/mol. The number of nitriles is 1. The molecule has 0 spiro atoms. The van der Waals surface area contributed by atoms with Gasteiger partial charge in [0.05, 0.1) is 23.1 Å². The molecule has 6 nitrogen and oxygen atoms in total. The zero-order valence-electron chi connectivity index (χ0n) is 19.0. The summed E-state index contributed by atoms with van der Waals surface area (Å²) < 4.78 is 40.2. The predicted molar refractivity (Wildman–Crippen MR) is 119 cm³/mol. The Kier molecular flexibility index (Phi) is 5.95. The summed E-state index contributed by atoms with van der Waals surface area (Å²) >= 11 is 0. The van der Waals surface area contributed by atoms with Crippen LogP contribution in [-0.4, -0.2) is 48.9 Å². The van der Waals surface area contributed by atoms with Gasteiger partial charge in [0.2, 0.25) is 11.8 Å². The fourth-order valence-electron chi connectivity index (χ4n) is 5.54. The fraction of sp³-hybridized carbons (Fsp3) is 0.640. The van der Waals surface area contributed by atoms with E-state index in [-0.39, 0.29) is 47.1 Å². The summed E-state index contributed by atoms with van der Waals surface area (Å²) in [5.74, 6) is 0.432. The minimum atomic E-state index is -4.58. The lowest BCUT2D eigenvalue weighted by Crippen LogP contribution is -2.42. The maximum atomic E-state index is 13.4. The van der Waals surface area contributed by atoms with Crippen LogP contribution in [0.25, 0.3) is 0 Å². The average Bonchev–Trinajstić information content (AvgIpc) is 3.76. The van der Waals surface area contributed by atoms with Gasteiger partial charge in [0.15, 0.2) is 0 Å². The lowest BCUT2D eigenvalue weighted by atomic mass is 9.78. The molecule has 9 heteroatoms. The molecule has 0 aromatic heterocycles. The zero-order valence-corrected chi connectivity index (χ0v) is 19.0. The Bertz CT molecular complexity index is 1000. The molecule has 1 aromatic carbocycles. The third-order valence-electron chi connectivity index (χ3n) is 7.80. The van der Waals surface area contributed by atoms with E-state index in [1.807, 2.05) is 9.80 Å². The summed E-state index contributed by atoms with van der Waals surface area (Å²) in [6.07, 6.45) is 0.815. The minimum absolute atomic E-state index is 0.0444. The number of piperidine rings is 1. The van der Waals surface area contributed by atoms with Crippen molar-refractivity contribution in [3.63, 3.8) is 0 Å². The third-order valence-corrected chi connectivity index (χ3v) is 7.80. The zero-order chi connectivity index (χ0) is 24.0. The highest BCUT2D eigenvalue weighted by Crippen LogP contribution is 2.41. The molecule has 2 amide bonds. The molecule has 2 atom stereocenters. The van der Waals surface area contributed by atoms with Crippen molar-refractivity contribution in [2.45, 2.75) is 50.7 Å². The van der Waals surface area contributed by atoms with Crippen LogP contribution in [0.3, 0.4) is 0 Å². The molecule has 0 bridgehead atoms. The first kappa shape index (κ1) is 23.0. The molecule has 2 aliphatic heterocycles. The molecular weight excluding hydrogens is 445 g/mol. The van der Waals surface area contributed by atoms with E-state index in [0.717, 1.165) is 44.6 Å². The van der Waals surface area contributed by atoms with Crippen LogP contribution in [-0.2, 0) is 15.8 Å². The smallest absolute Gasteiger partial charge is 0.372 e. The Hall–Kier alpha value is -2.76. The average molecular weight is 475 g/mol. The Morgan fingerprint density at radius 2 is 1.74 bits per heavy atom. The van der Waals surface area contributed by atoms with E-state index < -0.39 is 11.7 Å².